The number of alkyl halides is 3. The van der Waals surface area contributed by atoms with Crippen LogP contribution in [0.4, 0.5) is 23.2 Å². The molecule has 2 aromatic carbocycles. The van der Waals surface area contributed by atoms with Crippen molar-refractivity contribution in [3.63, 3.8) is 0 Å². The van der Waals surface area contributed by atoms with Crippen LogP contribution in [0, 0.1) is 5.82 Å². The van der Waals surface area contributed by atoms with E-state index in [1.54, 1.807) is 12.1 Å². The molecule has 1 fully saturated rings. The predicted octanol–water partition coefficient (Wildman–Crippen LogP) is 11.0. The molecule has 0 amide bonds. The number of unbranched alkanes of at least 4 members (excludes halogenated alkanes) is 12. The predicted molar refractivity (Wildman–Crippen MR) is 187 cm³/mol. The van der Waals surface area contributed by atoms with Crippen LogP contribution in [0.5, 0.6) is 0 Å². The van der Waals surface area contributed by atoms with E-state index in [1.807, 2.05) is 10.8 Å². The van der Waals surface area contributed by atoms with Crippen LogP contribution >= 0.6 is 0 Å². The van der Waals surface area contributed by atoms with Gasteiger partial charge in [-0.25, -0.2) is 4.39 Å². The summed E-state index contributed by atoms with van der Waals surface area (Å²) in [6.45, 7) is 7.69. The topological polar surface area (TPSA) is 20.6 Å². The van der Waals surface area contributed by atoms with Gasteiger partial charge in [0.15, 0.2) is 0 Å². The number of aromatic nitrogens is 1. The lowest BCUT2D eigenvalue weighted by Gasteiger charge is -2.35. The molecule has 4 rings (SSSR count). The third-order valence-electron chi connectivity index (χ3n) is 9.28. The maximum absolute atomic E-state index is 13.6. The lowest BCUT2D eigenvalue weighted by Crippen LogP contribution is -2.47. The SMILES string of the molecule is CCCCCCCC/C=C\CCCCCCCCOCCN1CCN(c2cn(-c3ccc(F)cc3)c3ccc(C(F)(F)F)cc23)CC1. The number of fused-ring (bicyclic) bond motifs is 1. The number of hydrogen-bond donors (Lipinski definition) is 0. The molecule has 1 aromatic heterocycles. The maximum Gasteiger partial charge on any atom is 0.416 e. The average molecular weight is 658 g/mol. The number of ether oxygens (including phenoxy) is 1. The third kappa shape index (κ3) is 12.3. The molecule has 47 heavy (non-hydrogen) atoms. The summed E-state index contributed by atoms with van der Waals surface area (Å²) in [6.07, 6.45) is 20.4. The molecule has 3 aromatic rings. The summed E-state index contributed by atoms with van der Waals surface area (Å²) in [5.41, 5.74) is 1.48. The van der Waals surface area contributed by atoms with E-state index in [-0.39, 0.29) is 5.82 Å². The number of nitrogens with zero attached hydrogens (tertiary/aromatic N) is 3. The molecule has 1 aliphatic heterocycles. The van der Waals surface area contributed by atoms with Crippen LogP contribution in [0.25, 0.3) is 16.6 Å². The van der Waals surface area contributed by atoms with Crippen LogP contribution in [0.3, 0.4) is 0 Å². The molecule has 260 valence electrons. The van der Waals surface area contributed by atoms with E-state index in [4.69, 9.17) is 4.74 Å². The zero-order valence-corrected chi connectivity index (χ0v) is 28.4. The Morgan fingerprint density at radius 1 is 0.723 bits per heavy atom. The molecule has 0 bridgehead atoms. The van der Waals surface area contributed by atoms with E-state index in [0.29, 0.717) is 36.3 Å². The summed E-state index contributed by atoms with van der Waals surface area (Å²) in [7, 11) is 0. The Bertz CT molecular complexity index is 1330. The van der Waals surface area contributed by atoms with Crippen molar-refractivity contribution in [1.82, 2.24) is 9.47 Å². The van der Waals surface area contributed by atoms with Crippen LogP contribution in [-0.4, -0.2) is 55.4 Å². The van der Waals surface area contributed by atoms with Gasteiger partial charge in [0.25, 0.3) is 0 Å². The van der Waals surface area contributed by atoms with Crippen LogP contribution in [0.15, 0.2) is 60.8 Å². The molecule has 0 N–H and O–H groups in total. The van der Waals surface area contributed by atoms with E-state index in [0.717, 1.165) is 44.4 Å². The highest BCUT2D eigenvalue weighted by Gasteiger charge is 2.31. The Morgan fingerprint density at radius 2 is 1.34 bits per heavy atom. The standard InChI is InChI=1S/C39H55F4N3O/c1-2-3-4-5-6-7-8-9-10-11-12-13-14-15-16-17-29-47-30-28-44-24-26-45(27-25-44)38-32-46(35-21-19-34(40)20-22-35)37-23-18-33(31-36(37)38)39(41,42)43/h9-10,18-23,31-32H,2-8,11-17,24-30H2,1H3/b10-9-. The van der Waals surface area contributed by atoms with Gasteiger partial charge in [-0.05, 0) is 74.6 Å². The first-order chi connectivity index (χ1) is 22.9. The number of rotatable bonds is 21. The normalized spacial score (nSPS) is 14.6. The minimum absolute atomic E-state index is 0.354. The molecule has 0 atom stereocenters. The monoisotopic (exact) mass is 657 g/mol. The summed E-state index contributed by atoms with van der Waals surface area (Å²) in [5.74, 6) is -0.354. The molecule has 1 aliphatic rings. The Hall–Kier alpha value is -2.84. The first kappa shape index (κ1) is 37.0. The van der Waals surface area contributed by atoms with Gasteiger partial charge >= 0.3 is 6.18 Å². The van der Waals surface area contributed by atoms with E-state index in [9.17, 15) is 17.6 Å². The molecule has 0 aliphatic carbocycles. The largest absolute Gasteiger partial charge is 0.416 e. The van der Waals surface area contributed by atoms with Gasteiger partial charge < -0.3 is 14.2 Å². The van der Waals surface area contributed by atoms with Crippen molar-refractivity contribution in [2.75, 3.05) is 50.8 Å². The lowest BCUT2D eigenvalue weighted by atomic mass is 10.1. The smallest absolute Gasteiger partial charge is 0.380 e. The molecule has 2 heterocycles. The van der Waals surface area contributed by atoms with Gasteiger partial charge in [0.05, 0.1) is 23.4 Å². The van der Waals surface area contributed by atoms with E-state index in [2.05, 4.69) is 28.9 Å². The fourth-order valence-corrected chi connectivity index (χ4v) is 6.42. The lowest BCUT2D eigenvalue weighted by molar-refractivity contribution is -0.137. The van der Waals surface area contributed by atoms with Gasteiger partial charge in [-0.3, -0.25) is 4.90 Å². The van der Waals surface area contributed by atoms with Gasteiger partial charge in [0.1, 0.15) is 5.82 Å². The molecule has 0 spiro atoms. The minimum atomic E-state index is -4.42. The fraction of sp³-hybridized carbons (Fsp3) is 0.590. The Labute approximate surface area is 279 Å². The van der Waals surface area contributed by atoms with Crippen LogP contribution in [0.1, 0.15) is 102 Å². The molecule has 1 saturated heterocycles. The molecule has 0 radical (unpaired) electrons. The summed E-state index contributed by atoms with van der Waals surface area (Å²) in [5, 5.41) is 0.552. The number of allylic oxidation sites excluding steroid dienone is 2. The molecule has 0 unspecified atom stereocenters. The van der Waals surface area contributed by atoms with Crippen LogP contribution < -0.4 is 4.90 Å². The highest BCUT2D eigenvalue weighted by molar-refractivity contribution is 5.95. The zero-order chi connectivity index (χ0) is 33.3. The Kier molecular flexibility index (Phi) is 15.6. The van der Waals surface area contributed by atoms with Crippen molar-refractivity contribution in [3.05, 3.63) is 72.2 Å². The van der Waals surface area contributed by atoms with Crippen molar-refractivity contribution >= 4 is 16.6 Å². The van der Waals surface area contributed by atoms with Crippen molar-refractivity contribution in [2.24, 2.45) is 0 Å². The molecule has 0 saturated carbocycles. The summed E-state index contributed by atoms with van der Waals surface area (Å²) in [4.78, 5) is 4.52. The molecular weight excluding hydrogens is 602 g/mol. The first-order valence-electron chi connectivity index (χ1n) is 18.0. The van der Waals surface area contributed by atoms with Gasteiger partial charge in [-0.2, -0.15) is 13.2 Å². The number of halogens is 4. The van der Waals surface area contributed by atoms with Crippen LogP contribution in [0.2, 0.25) is 0 Å². The van der Waals surface area contributed by atoms with E-state index in [1.165, 1.54) is 108 Å². The zero-order valence-electron chi connectivity index (χ0n) is 28.4. The van der Waals surface area contributed by atoms with Gasteiger partial charge in [0, 0.05) is 56.6 Å². The number of anilines is 1. The highest BCUT2D eigenvalue weighted by Crippen LogP contribution is 2.37. The molecular formula is C39H55F4N3O. The van der Waals surface area contributed by atoms with Crippen molar-refractivity contribution in [3.8, 4) is 5.69 Å². The van der Waals surface area contributed by atoms with Gasteiger partial charge in [-0.1, -0.05) is 76.9 Å². The van der Waals surface area contributed by atoms with Crippen molar-refractivity contribution in [2.45, 2.75) is 103 Å². The average Bonchev–Trinajstić information content (AvgIpc) is 3.45. The van der Waals surface area contributed by atoms with E-state index >= 15 is 0 Å². The molecule has 4 nitrogen and oxygen atoms in total. The minimum Gasteiger partial charge on any atom is -0.380 e. The summed E-state index contributed by atoms with van der Waals surface area (Å²) >= 11 is 0. The second-order valence-corrected chi connectivity index (χ2v) is 13.0. The van der Waals surface area contributed by atoms with Crippen molar-refractivity contribution < 1.29 is 22.3 Å². The summed E-state index contributed by atoms with van der Waals surface area (Å²) in [6, 6.07) is 9.88. The van der Waals surface area contributed by atoms with Gasteiger partial charge in [0.2, 0.25) is 0 Å². The van der Waals surface area contributed by atoms with Crippen LogP contribution in [-0.2, 0) is 10.9 Å². The molecule has 8 heteroatoms. The maximum atomic E-state index is 13.6. The van der Waals surface area contributed by atoms with Gasteiger partial charge in [-0.15, -0.1) is 0 Å². The quantitative estimate of drug-likeness (QED) is 0.0646. The first-order valence-corrected chi connectivity index (χ1v) is 18.0. The van der Waals surface area contributed by atoms with Crippen molar-refractivity contribution in [1.29, 1.82) is 0 Å². The second-order valence-electron chi connectivity index (χ2n) is 13.0. The summed E-state index contributed by atoms with van der Waals surface area (Å²) < 4.78 is 62.1. The highest BCUT2D eigenvalue weighted by atomic mass is 19.4. The second kappa shape index (κ2) is 19.9. The number of hydrogen-bond acceptors (Lipinski definition) is 3. The Balaban J connectivity index is 1.09. The third-order valence-corrected chi connectivity index (χ3v) is 9.28. The number of benzene rings is 2. The Morgan fingerprint density at radius 3 is 1.98 bits per heavy atom. The van der Waals surface area contributed by atoms with E-state index < -0.39 is 11.7 Å². The fourth-order valence-electron chi connectivity index (χ4n) is 6.42. The number of piperazine rings is 1.